The van der Waals surface area contributed by atoms with E-state index in [1.54, 1.807) is 23.2 Å². The number of fused-ring (bicyclic) bond motifs is 1. The highest BCUT2D eigenvalue weighted by atomic mass is 32.1. The lowest BCUT2D eigenvalue weighted by molar-refractivity contribution is -0.137. The van der Waals surface area contributed by atoms with Crippen LogP contribution >= 0.6 is 11.3 Å². The quantitative estimate of drug-likeness (QED) is 0.123. The first-order chi connectivity index (χ1) is 28.0. The van der Waals surface area contributed by atoms with Crippen LogP contribution in [0.1, 0.15) is 94.2 Å². The number of methoxy groups -OCH3 is 3. The van der Waals surface area contributed by atoms with E-state index in [0.717, 1.165) is 79.7 Å². The number of thiophene rings is 1. The third kappa shape index (κ3) is 8.21. The van der Waals surface area contributed by atoms with E-state index >= 15 is 0 Å². The van der Waals surface area contributed by atoms with E-state index in [1.807, 2.05) is 31.1 Å². The third-order valence-electron chi connectivity index (χ3n) is 11.8. The van der Waals surface area contributed by atoms with Gasteiger partial charge in [-0.2, -0.15) is 0 Å². The number of nitrogens with one attached hydrogen (secondary N) is 4. The Morgan fingerprint density at radius 1 is 0.707 bits per heavy atom. The Hall–Kier alpha value is -5.22. The molecule has 1 aromatic carbocycles. The van der Waals surface area contributed by atoms with Crippen LogP contribution in [-0.2, 0) is 36.6 Å². The number of H-pyrrole nitrogens is 2. The Labute approximate surface area is 342 Å². The van der Waals surface area contributed by atoms with Gasteiger partial charge in [0, 0.05) is 25.1 Å². The summed E-state index contributed by atoms with van der Waals surface area (Å²) in [4.78, 5) is 74.2. The van der Waals surface area contributed by atoms with Crippen LogP contribution in [0.2, 0.25) is 0 Å². The number of carbonyl (C=O) groups is 4. The summed E-state index contributed by atoms with van der Waals surface area (Å²) in [5.41, 5.74) is 6.70. The Bertz CT molecular complexity index is 2110. The maximum absolute atomic E-state index is 13.7. The van der Waals surface area contributed by atoms with Crippen LogP contribution in [0, 0.1) is 5.92 Å². The van der Waals surface area contributed by atoms with Gasteiger partial charge in [0.05, 0.1) is 61.1 Å². The van der Waals surface area contributed by atoms with Gasteiger partial charge in [-0.05, 0) is 86.5 Å². The average Bonchev–Trinajstić information content (AvgIpc) is 4.10. The number of benzene rings is 1. The highest BCUT2D eigenvalue weighted by molar-refractivity contribution is 7.19. The predicted molar refractivity (Wildman–Crippen MR) is 219 cm³/mol. The number of nitrogens with zero attached hydrogens (tertiary/aromatic N) is 4. The molecule has 310 valence electrons. The van der Waals surface area contributed by atoms with Crippen molar-refractivity contribution in [1.82, 2.24) is 40.4 Å². The maximum Gasteiger partial charge on any atom is 0.407 e. The number of amides is 4. The van der Waals surface area contributed by atoms with E-state index in [9.17, 15) is 19.2 Å². The lowest BCUT2D eigenvalue weighted by atomic mass is 9.90. The van der Waals surface area contributed by atoms with Crippen molar-refractivity contribution in [2.75, 3.05) is 34.4 Å². The Morgan fingerprint density at radius 2 is 1.21 bits per heavy atom. The van der Waals surface area contributed by atoms with E-state index < -0.39 is 30.4 Å². The minimum atomic E-state index is -0.895. The van der Waals surface area contributed by atoms with Crippen molar-refractivity contribution in [2.24, 2.45) is 5.92 Å². The van der Waals surface area contributed by atoms with E-state index in [2.05, 4.69) is 44.9 Å². The topological polar surface area (TPSA) is 184 Å². The molecule has 15 nitrogen and oxygen atoms in total. The first kappa shape index (κ1) is 41.0. The second-order valence-corrected chi connectivity index (χ2v) is 16.7. The smallest absolute Gasteiger partial charge is 0.407 e. The van der Waals surface area contributed by atoms with E-state index in [-0.39, 0.29) is 29.8 Å². The Kier molecular flexibility index (Phi) is 12.5. The fourth-order valence-electron chi connectivity index (χ4n) is 8.55. The van der Waals surface area contributed by atoms with Crippen LogP contribution < -0.4 is 10.6 Å². The monoisotopic (exact) mass is 814 g/mol. The molecule has 0 bridgehead atoms. The Balaban J connectivity index is 1.09. The van der Waals surface area contributed by atoms with Gasteiger partial charge in [0.25, 0.3) is 0 Å². The maximum atomic E-state index is 13.7. The summed E-state index contributed by atoms with van der Waals surface area (Å²) in [5.74, 6) is 0.986. The molecular formula is C42H54N8O7S. The molecule has 3 aromatic heterocycles. The molecule has 7 rings (SSSR count). The van der Waals surface area contributed by atoms with Crippen LogP contribution in [0.25, 0.3) is 32.3 Å². The summed E-state index contributed by atoms with van der Waals surface area (Å²) in [6.45, 7) is 6.72. The standard InChI is InChI=1S/C42H54N8O7S/c1-23(2)33(47-41(53)56-5)39(51)49-19-9-14-32(49)38-44-22-30(46-38)36-28-12-8-7-11-27(28)35(58-36)26-17-15-25(16-18-26)29-21-43-37(45-29)31-13-10-20-50(31)40(52)34(24(3)55-4)48-42(54)57-6/h15-18,21-24,31-34H,7-14,19-20H2,1-6H3,(H,43,45)(H,44,46)(H,47,53)(H,48,54)/t24-,31+,32+,33+,34+/m1/s1. The molecule has 4 aromatic rings. The summed E-state index contributed by atoms with van der Waals surface area (Å²) in [6, 6.07) is 6.49. The molecule has 5 atom stereocenters. The zero-order valence-electron chi connectivity index (χ0n) is 34.1. The second kappa shape index (κ2) is 17.7. The summed E-state index contributed by atoms with van der Waals surface area (Å²) in [6.07, 6.45) is 9.34. The zero-order valence-corrected chi connectivity index (χ0v) is 34.9. The molecule has 0 radical (unpaired) electrons. The van der Waals surface area contributed by atoms with Crippen LogP contribution in [0.15, 0.2) is 36.7 Å². The molecule has 2 aliphatic heterocycles. The minimum absolute atomic E-state index is 0.106. The molecule has 2 saturated heterocycles. The normalized spacial score (nSPS) is 19.4. The second-order valence-electron chi connectivity index (χ2n) is 15.7. The number of hydrogen-bond acceptors (Lipinski definition) is 10. The van der Waals surface area contributed by atoms with E-state index in [1.165, 1.54) is 42.2 Å². The van der Waals surface area contributed by atoms with E-state index in [0.29, 0.717) is 18.9 Å². The molecule has 58 heavy (non-hydrogen) atoms. The number of alkyl carbamates (subject to hydrolysis) is 2. The number of aromatic nitrogens is 4. The zero-order chi connectivity index (χ0) is 41.1. The van der Waals surface area contributed by atoms with Gasteiger partial charge in [-0.15, -0.1) is 11.3 Å². The molecule has 2 fully saturated rings. The van der Waals surface area contributed by atoms with Crippen LogP contribution in [-0.4, -0.2) is 106 Å². The number of rotatable bonds is 12. The van der Waals surface area contributed by atoms with Crippen molar-refractivity contribution in [3.8, 4) is 32.3 Å². The van der Waals surface area contributed by atoms with Gasteiger partial charge in [-0.1, -0.05) is 38.1 Å². The molecular weight excluding hydrogens is 761 g/mol. The predicted octanol–water partition coefficient (Wildman–Crippen LogP) is 6.54. The van der Waals surface area contributed by atoms with Gasteiger partial charge in [0.15, 0.2) is 0 Å². The van der Waals surface area contributed by atoms with Gasteiger partial charge in [0.1, 0.15) is 23.7 Å². The minimum Gasteiger partial charge on any atom is -0.453 e. The van der Waals surface area contributed by atoms with Gasteiger partial charge in [0.2, 0.25) is 11.8 Å². The summed E-state index contributed by atoms with van der Waals surface area (Å²) in [7, 11) is 4.07. The van der Waals surface area contributed by atoms with Gasteiger partial charge in [-0.3, -0.25) is 9.59 Å². The molecule has 3 aliphatic rings. The molecule has 4 amide bonds. The van der Waals surface area contributed by atoms with Gasteiger partial charge < -0.3 is 44.6 Å². The fraction of sp³-hybridized carbons (Fsp3) is 0.524. The van der Waals surface area contributed by atoms with Crippen LogP contribution in [0.3, 0.4) is 0 Å². The number of hydrogen-bond donors (Lipinski definition) is 4. The molecule has 0 unspecified atom stereocenters. The molecule has 16 heteroatoms. The van der Waals surface area contributed by atoms with Crippen molar-refractivity contribution < 1.29 is 33.4 Å². The fourth-order valence-corrected chi connectivity index (χ4v) is 9.91. The number of carbonyl (C=O) groups excluding carboxylic acids is 4. The van der Waals surface area contributed by atoms with Crippen LogP contribution in [0.5, 0.6) is 0 Å². The number of aromatic amines is 2. The van der Waals surface area contributed by atoms with Crippen molar-refractivity contribution in [1.29, 1.82) is 0 Å². The van der Waals surface area contributed by atoms with Gasteiger partial charge in [-0.25, -0.2) is 19.6 Å². The lowest BCUT2D eigenvalue weighted by Crippen LogP contribution is -2.54. The summed E-state index contributed by atoms with van der Waals surface area (Å²) in [5, 5.41) is 5.36. The SMILES string of the molecule is COC(=O)N[C@H](C(=O)N1CCC[C@H]1c1ncc(-c2sc(-c3ccc(-c4cnc([C@@H]5CCCN5C(=O)[C@@H](NC(=O)OC)[C@@H](C)OC)[nH]4)cc3)c3c2CCCC3)[nH]1)C(C)C. The molecule has 0 saturated carbocycles. The van der Waals surface area contributed by atoms with Crippen LogP contribution in [0.4, 0.5) is 9.59 Å². The largest absolute Gasteiger partial charge is 0.453 e. The highest BCUT2D eigenvalue weighted by Crippen LogP contribution is 2.46. The molecule has 0 spiro atoms. The average molecular weight is 815 g/mol. The number of ether oxygens (including phenoxy) is 3. The first-order valence-corrected chi connectivity index (χ1v) is 21.0. The molecule has 1 aliphatic carbocycles. The Morgan fingerprint density at radius 3 is 1.76 bits per heavy atom. The first-order valence-electron chi connectivity index (χ1n) is 20.2. The van der Waals surface area contributed by atoms with Crippen molar-refractivity contribution in [2.45, 2.75) is 102 Å². The highest BCUT2D eigenvalue weighted by Gasteiger charge is 2.40. The lowest BCUT2D eigenvalue weighted by Gasteiger charge is -2.30. The van der Waals surface area contributed by atoms with Crippen molar-refractivity contribution >= 4 is 35.3 Å². The van der Waals surface area contributed by atoms with Crippen molar-refractivity contribution in [3.63, 3.8) is 0 Å². The number of imidazole rings is 2. The van der Waals surface area contributed by atoms with E-state index in [4.69, 9.17) is 24.2 Å². The summed E-state index contributed by atoms with van der Waals surface area (Å²) >= 11 is 1.79. The third-order valence-corrected chi connectivity index (χ3v) is 13.1. The molecule has 4 N–H and O–H groups in total. The number of likely N-dealkylation sites (tertiary alicyclic amines) is 2. The van der Waals surface area contributed by atoms with Gasteiger partial charge >= 0.3 is 12.2 Å². The van der Waals surface area contributed by atoms with Crippen molar-refractivity contribution in [3.05, 3.63) is 59.4 Å². The summed E-state index contributed by atoms with van der Waals surface area (Å²) < 4.78 is 15.0. The molecule has 5 heterocycles.